The zero-order chi connectivity index (χ0) is 26.7. The number of halogens is 4. The minimum atomic E-state index is -0.249. The lowest BCUT2D eigenvalue weighted by Gasteiger charge is -2.16. The number of nitrogens with zero attached hydrogens (tertiary/aromatic N) is 3. The zero-order valence-electron chi connectivity index (χ0n) is 20.3. The average molecular weight is 713 g/mol. The second-order valence-corrected chi connectivity index (χ2v) is 11.3. The molecule has 10 heteroatoms. The summed E-state index contributed by atoms with van der Waals surface area (Å²) >= 11 is 17.1. The topological polar surface area (TPSA) is 65.7 Å². The number of methoxy groups -OCH3 is 1. The molecule has 0 unspecified atom stereocenters. The van der Waals surface area contributed by atoms with Crippen LogP contribution in [0.3, 0.4) is 0 Å². The van der Waals surface area contributed by atoms with Crippen molar-refractivity contribution in [3.05, 3.63) is 94.3 Å². The van der Waals surface area contributed by atoms with Crippen LogP contribution in [0.2, 0.25) is 5.02 Å². The van der Waals surface area contributed by atoms with Crippen molar-refractivity contribution >= 4 is 76.5 Å². The summed E-state index contributed by atoms with van der Waals surface area (Å²) < 4.78 is 15.3. The summed E-state index contributed by atoms with van der Waals surface area (Å²) in [4.78, 5) is 18.2. The Balaban J connectivity index is 1.74. The number of benzene rings is 3. The third-order valence-corrected chi connectivity index (χ3v) is 8.34. The summed E-state index contributed by atoms with van der Waals surface area (Å²) in [5.41, 5.74) is 1.99. The molecule has 0 aliphatic carbocycles. The Hall–Kier alpha value is -2.20. The van der Waals surface area contributed by atoms with Crippen LogP contribution in [0.1, 0.15) is 43.1 Å². The van der Waals surface area contributed by atoms with Crippen molar-refractivity contribution in [3.8, 4) is 11.5 Å². The van der Waals surface area contributed by atoms with Gasteiger partial charge in [0.05, 0.1) is 24.2 Å². The first-order valence-electron chi connectivity index (χ1n) is 11.4. The molecule has 0 radical (unpaired) electrons. The minimum Gasteiger partial charge on any atom is -0.493 e. The molecule has 192 valence electrons. The van der Waals surface area contributed by atoms with Gasteiger partial charge in [0.1, 0.15) is 17.5 Å². The molecule has 3 aromatic carbocycles. The molecule has 0 fully saturated rings. The fourth-order valence-electron chi connectivity index (χ4n) is 3.62. The van der Waals surface area contributed by atoms with Gasteiger partial charge in [-0.05, 0) is 64.3 Å². The van der Waals surface area contributed by atoms with E-state index in [2.05, 4.69) is 52.9 Å². The summed E-state index contributed by atoms with van der Waals surface area (Å²) in [6.07, 6.45) is 2.37. The van der Waals surface area contributed by atoms with Crippen LogP contribution in [0.15, 0.2) is 71.8 Å². The molecule has 1 atom stereocenters. The predicted octanol–water partition coefficient (Wildman–Crippen LogP) is 8.32. The number of fused-ring (bicyclic) bond motifs is 1. The first-order valence-corrected chi connectivity index (χ1v) is 14.2. The van der Waals surface area contributed by atoms with E-state index >= 15 is 0 Å². The van der Waals surface area contributed by atoms with E-state index in [1.165, 1.54) is 4.68 Å². The second kappa shape index (κ2) is 12.1. The highest BCUT2D eigenvalue weighted by Crippen LogP contribution is 2.42. The largest absolute Gasteiger partial charge is 0.493 e. The SMILES string of the molecule is CC[C@@H](C)c1nc2ccc(Br)cc2c(=O)n1N=Cc1cc(OC)c(OCc2ccc(Br)cc2)c(Cl)c1Br. The molecule has 4 rings (SSSR count). The van der Waals surface area contributed by atoms with E-state index in [4.69, 9.17) is 26.1 Å². The van der Waals surface area contributed by atoms with Crippen molar-refractivity contribution in [1.82, 2.24) is 9.66 Å². The van der Waals surface area contributed by atoms with Gasteiger partial charge in [0.2, 0.25) is 0 Å². The van der Waals surface area contributed by atoms with Crippen LogP contribution in [-0.2, 0) is 6.61 Å². The normalized spacial score (nSPS) is 12.3. The molecule has 0 saturated carbocycles. The summed E-state index contributed by atoms with van der Waals surface area (Å²) in [5.74, 6) is 1.46. The number of ether oxygens (including phenoxy) is 2. The molecule has 1 aromatic heterocycles. The molecule has 6 nitrogen and oxygen atoms in total. The summed E-state index contributed by atoms with van der Waals surface area (Å²) in [7, 11) is 1.55. The quantitative estimate of drug-likeness (QED) is 0.173. The van der Waals surface area contributed by atoms with Crippen LogP contribution in [0, 0.1) is 0 Å². The average Bonchev–Trinajstić information content (AvgIpc) is 2.90. The van der Waals surface area contributed by atoms with Gasteiger partial charge >= 0.3 is 0 Å². The molecule has 0 saturated heterocycles. The maximum atomic E-state index is 13.4. The molecule has 4 aromatic rings. The van der Waals surface area contributed by atoms with Gasteiger partial charge in [-0.2, -0.15) is 9.78 Å². The molecule has 1 heterocycles. The molecule has 0 N–H and O–H groups in total. The van der Waals surface area contributed by atoms with Gasteiger partial charge < -0.3 is 9.47 Å². The van der Waals surface area contributed by atoms with Gasteiger partial charge in [0.15, 0.2) is 11.5 Å². The maximum absolute atomic E-state index is 13.4. The van der Waals surface area contributed by atoms with Crippen LogP contribution in [0.4, 0.5) is 0 Å². The first kappa shape index (κ1) is 27.8. The van der Waals surface area contributed by atoms with Crippen molar-refractivity contribution in [2.45, 2.75) is 32.8 Å². The fourth-order valence-corrected chi connectivity index (χ4v) is 4.90. The van der Waals surface area contributed by atoms with Gasteiger partial charge in [-0.3, -0.25) is 4.79 Å². The van der Waals surface area contributed by atoms with Crippen molar-refractivity contribution in [1.29, 1.82) is 0 Å². The second-order valence-electron chi connectivity index (χ2n) is 8.34. The van der Waals surface area contributed by atoms with E-state index in [0.717, 1.165) is 20.9 Å². The molecule has 37 heavy (non-hydrogen) atoms. The standard InChI is InChI=1S/C27H23Br3ClN3O3/c1-4-15(2)26-33-21-10-9-19(29)12-20(21)27(35)34(26)32-13-17-11-22(36-3)25(24(31)23(17)30)37-14-16-5-7-18(28)8-6-16/h5-13,15H,4,14H2,1-3H3/t15-/m1/s1. The Morgan fingerprint density at radius 1 is 1.11 bits per heavy atom. The van der Waals surface area contributed by atoms with Crippen LogP contribution >= 0.6 is 59.4 Å². The molecular formula is C27H23Br3ClN3O3. The minimum absolute atomic E-state index is 0.0221. The van der Waals surface area contributed by atoms with E-state index in [-0.39, 0.29) is 11.5 Å². The number of hydrogen-bond donors (Lipinski definition) is 0. The molecule has 0 amide bonds. The highest BCUT2D eigenvalue weighted by Gasteiger charge is 2.19. The molecular weight excluding hydrogens is 689 g/mol. The summed E-state index contributed by atoms with van der Waals surface area (Å²) in [5, 5.41) is 5.36. The third kappa shape index (κ3) is 6.11. The Labute approximate surface area is 245 Å². The smallest absolute Gasteiger partial charge is 0.282 e. The lowest BCUT2D eigenvalue weighted by atomic mass is 10.1. The van der Waals surface area contributed by atoms with Gasteiger partial charge in [-0.25, -0.2) is 4.98 Å². The highest BCUT2D eigenvalue weighted by atomic mass is 79.9. The van der Waals surface area contributed by atoms with Crippen molar-refractivity contribution in [3.63, 3.8) is 0 Å². The van der Waals surface area contributed by atoms with Crippen LogP contribution in [-0.4, -0.2) is 23.0 Å². The van der Waals surface area contributed by atoms with Gasteiger partial charge in [-0.15, -0.1) is 0 Å². The maximum Gasteiger partial charge on any atom is 0.282 e. The van der Waals surface area contributed by atoms with Crippen LogP contribution in [0.5, 0.6) is 11.5 Å². The monoisotopic (exact) mass is 709 g/mol. The zero-order valence-corrected chi connectivity index (χ0v) is 25.8. The Bertz CT molecular complexity index is 1540. The Kier molecular flexibility index (Phi) is 9.11. The van der Waals surface area contributed by atoms with E-state index in [1.54, 1.807) is 25.5 Å². The molecule has 0 spiro atoms. The number of rotatable bonds is 8. The third-order valence-electron chi connectivity index (χ3n) is 5.87. The molecule has 0 bridgehead atoms. The van der Waals surface area contributed by atoms with Gasteiger partial charge in [0.25, 0.3) is 5.56 Å². The number of aromatic nitrogens is 2. The van der Waals surface area contributed by atoms with Crippen molar-refractivity contribution in [2.24, 2.45) is 5.10 Å². The Morgan fingerprint density at radius 2 is 1.81 bits per heavy atom. The lowest BCUT2D eigenvalue weighted by Crippen LogP contribution is -2.23. The van der Waals surface area contributed by atoms with E-state index in [0.29, 0.717) is 49.9 Å². The summed E-state index contributed by atoms with van der Waals surface area (Å²) in [6, 6.07) is 15.0. The highest BCUT2D eigenvalue weighted by molar-refractivity contribution is 9.11. The van der Waals surface area contributed by atoms with Crippen LogP contribution < -0.4 is 15.0 Å². The van der Waals surface area contributed by atoms with E-state index < -0.39 is 0 Å². The van der Waals surface area contributed by atoms with Crippen molar-refractivity contribution < 1.29 is 9.47 Å². The molecule has 0 aliphatic rings. The predicted molar refractivity (Wildman–Crippen MR) is 160 cm³/mol. The van der Waals surface area contributed by atoms with E-state index in [9.17, 15) is 4.79 Å². The van der Waals surface area contributed by atoms with Gasteiger partial charge in [0, 0.05) is 24.9 Å². The molecule has 0 aliphatic heterocycles. The number of hydrogen-bond acceptors (Lipinski definition) is 5. The summed E-state index contributed by atoms with van der Waals surface area (Å²) in [6.45, 7) is 4.38. The van der Waals surface area contributed by atoms with E-state index in [1.807, 2.05) is 50.2 Å². The van der Waals surface area contributed by atoms with Crippen molar-refractivity contribution in [2.75, 3.05) is 7.11 Å². The lowest BCUT2D eigenvalue weighted by molar-refractivity contribution is 0.284. The van der Waals surface area contributed by atoms with Gasteiger partial charge in [-0.1, -0.05) is 69.4 Å². The fraction of sp³-hybridized carbons (Fsp3) is 0.222. The Morgan fingerprint density at radius 3 is 2.49 bits per heavy atom. The van der Waals surface area contributed by atoms with Crippen LogP contribution in [0.25, 0.3) is 10.9 Å². The first-order chi connectivity index (χ1) is 17.7.